The molecule has 0 aliphatic carbocycles. The van der Waals surface area contributed by atoms with Gasteiger partial charge in [0.15, 0.2) is 17.4 Å². The van der Waals surface area contributed by atoms with E-state index in [4.69, 9.17) is 21.1 Å². The molecule has 1 saturated heterocycles. The second kappa shape index (κ2) is 7.33. The van der Waals surface area contributed by atoms with Crippen molar-refractivity contribution in [2.75, 3.05) is 18.2 Å². The topological polar surface area (TPSA) is 184 Å². The summed E-state index contributed by atoms with van der Waals surface area (Å²) in [4.78, 5) is 20.7. The van der Waals surface area contributed by atoms with Crippen molar-refractivity contribution in [2.24, 2.45) is 0 Å². The molecule has 7 N–H and O–H groups in total. The minimum Gasteiger partial charge on any atom is -0.460 e. The number of hydrogen-bond acceptors (Lipinski definition) is 10. The lowest BCUT2D eigenvalue weighted by atomic mass is 10.1. The Balaban J connectivity index is 1.82. The summed E-state index contributed by atoms with van der Waals surface area (Å²) in [6.45, 7) is -0.419. The van der Waals surface area contributed by atoms with E-state index in [1.165, 1.54) is 4.57 Å². The molecule has 0 bridgehead atoms. The third-order valence-corrected chi connectivity index (χ3v) is 4.72. The molecule has 29 heavy (non-hydrogen) atoms. The molecular weight excluding hydrogens is 384 g/mol. The number of aliphatic hydroxyl groups is 3. The van der Waals surface area contributed by atoms with Crippen molar-refractivity contribution in [2.45, 2.75) is 31.1 Å². The van der Waals surface area contributed by atoms with Gasteiger partial charge in [0.05, 0.1) is 6.61 Å². The van der Waals surface area contributed by atoms with Crippen molar-refractivity contribution in [1.82, 2.24) is 19.2 Å². The Morgan fingerprint density at radius 1 is 1.17 bits per heavy atom. The van der Waals surface area contributed by atoms with Gasteiger partial charge in [-0.05, 0) is 5.56 Å². The Bertz CT molecular complexity index is 1080. The van der Waals surface area contributed by atoms with Crippen molar-refractivity contribution in [3.63, 3.8) is 0 Å². The molecule has 2 aromatic heterocycles. The van der Waals surface area contributed by atoms with Crippen molar-refractivity contribution >= 4 is 17.1 Å². The molecule has 4 atom stereocenters. The fourth-order valence-corrected chi connectivity index (χ4v) is 3.18. The Morgan fingerprint density at radius 2 is 1.90 bits per heavy atom. The summed E-state index contributed by atoms with van der Waals surface area (Å²) in [7, 11) is 0. The van der Waals surface area contributed by atoms with Gasteiger partial charge in [-0.1, -0.05) is 30.3 Å². The predicted molar refractivity (Wildman–Crippen MR) is 100 cm³/mol. The van der Waals surface area contributed by atoms with Crippen LogP contribution in [0.5, 0.6) is 6.01 Å². The number of nitrogen functional groups attached to an aromatic ring is 2. The van der Waals surface area contributed by atoms with Crippen LogP contribution >= 0.6 is 0 Å². The normalized spacial score (nSPS) is 24.2. The Kier molecular flexibility index (Phi) is 4.84. The zero-order chi connectivity index (χ0) is 20.7. The van der Waals surface area contributed by atoms with Crippen molar-refractivity contribution in [1.29, 1.82) is 0 Å². The summed E-state index contributed by atoms with van der Waals surface area (Å²) in [5.74, 6) is 5.30. The van der Waals surface area contributed by atoms with E-state index < -0.39 is 36.7 Å². The molecular formula is C17H20N6O6. The van der Waals surface area contributed by atoms with Gasteiger partial charge in [0.2, 0.25) is 5.95 Å². The standard InChI is InChI=1S/C17H20N6O6/c18-16-21-13-10(14(27)23(16)19)20-17(28-7-8-4-2-1-3-5-8)22(13)15-12(26)11(25)9(6-24)29-15/h1-5,9,11-12,15,24-26H,6-7,19H2,(H2,18,21). The highest BCUT2D eigenvalue weighted by molar-refractivity contribution is 5.73. The number of hydrogen-bond donors (Lipinski definition) is 5. The maximum atomic E-state index is 12.5. The van der Waals surface area contributed by atoms with Gasteiger partial charge < -0.3 is 36.4 Å². The van der Waals surface area contributed by atoms with Gasteiger partial charge >= 0.3 is 11.6 Å². The van der Waals surface area contributed by atoms with Gasteiger partial charge in [0, 0.05) is 0 Å². The molecule has 4 unspecified atom stereocenters. The molecule has 0 spiro atoms. The van der Waals surface area contributed by atoms with E-state index in [-0.39, 0.29) is 29.7 Å². The molecule has 1 aliphatic heterocycles. The van der Waals surface area contributed by atoms with Gasteiger partial charge in [0.25, 0.3) is 0 Å². The second-order valence-electron chi connectivity index (χ2n) is 6.58. The Labute approximate surface area is 163 Å². The SMILES string of the molecule is Nc1nc2c(nc(OCc3ccccc3)n2C2OC(CO)C(O)C2O)c(=O)n1N. The Morgan fingerprint density at radius 3 is 2.55 bits per heavy atom. The fourth-order valence-electron chi connectivity index (χ4n) is 3.18. The van der Waals surface area contributed by atoms with Crippen LogP contribution in [0, 0.1) is 0 Å². The average Bonchev–Trinajstić information content (AvgIpc) is 3.22. The summed E-state index contributed by atoms with van der Waals surface area (Å²) in [6.07, 6.45) is -5.07. The third-order valence-electron chi connectivity index (χ3n) is 4.72. The van der Waals surface area contributed by atoms with Crippen LogP contribution in [-0.2, 0) is 11.3 Å². The number of nitrogens with two attached hydrogens (primary N) is 2. The van der Waals surface area contributed by atoms with Crippen LogP contribution < -0.4 is 21.9 Å². The van der Waals surface area contributed by atoms with E-state index in [1.807, 2.05) is 30.3 Å². The lowest BCUT2D eigenvalue weighted by Crippen LogP contribution is -2.33. The summed E-state index contributed by atoms with van der Waals surface area (Å²) in [6, 6.07) is 9.11. The van der Waals surface area contributed by atoms with E-state index in [9.17, 15) is 20.1 Å². The maximum absolute atomic E-state index is 12.5. The molecule has 0 amide bonds. The number of aliphatic hydroxyl groups excluding tert-OH is 3. The van der Waals surface area contributed by atoms with Gasteiger partial charge in [-0.15, -0.1) is 0 Å². The van der Waals surface area contributed by atoms with Gasteiger partial charge in [-0.3, -0.25) is 4.79 Å². The zero-order valence-electron chi connectivity index (χ0n) is 15.1. The summed E-state index contributed by atoms with van der Waals surface area (Å²) in [5.41, 5.74) is 5.62. The fraction of sp³-hybridized carbons (Fsp3) is 0.353. The monoisotopic (exact) mass is 404 g/mol. The molecule has 1 aromatic carbocycles. The van der Waals surface area contributed by atoms with Crippen LogP contribution in [0.1, 0.15) is 11.8 Å². The number of rotatable bonds is 5. The number of imidazole rings is 1. The molecule has 12 heteroatoms. The van der Waals surface area contributed by atoms with E-state index in [2.05, 4.69) is 9.97 Å². The first kappa shape index (κ1) is 19.1. The summed E-state index contributed by atoms with van der Waals surface area (Å²) < 4.78 is 13.2. The largest absolute Gasteiger partial charge is 0.460 e. The van der Waals surface area contributed by atoms with E-state index in [1.54, 1.807) is 0 Å². The highest BCUT2D eigenvalue weighted by Gasteiger charge is 2.45. The van der Waals surface area contributed by atoms with Crippen molar-refractivity contribution < 1.29 is 24.8 Å². The molecule has 1 aliphatic rings. The minimum absolute atomic E-state index is 0.0351. The highest BCUT2D eigenvalue weighted by Crippen LogP contribution is 2.35. The van der Waals surface area contributed by atoms with E-state index >= 15 is 0 Å². The molecule has 12 nitrogen and oxygen atoms in total. The Hall–Kier alpha value is -3.19. The van der Waals surface area contributed by atoms with Crippen LogP contribution in [0.3, 0.4) is 0 Å². The van der Waals surface area contributed by atoms with Crippen LogP contribution in [0.25, 0.3) is 11.2 Å². The number of benzene rings is 1. The van der Waals surface area contributed by atoms with Crippen LogP contribution in [0.4, 0.5) is 5.95 Å². The number of nitrogens with zero attached hydrogens (tertiary/aromatic N) is 4. The lowest BCUT2D eigenvalue weighted by Gasteiger charge is -2.19. The van der Waals surface area contributed by atoms with Gasteiger partial charge in [-0.2, -0.15) is 14.6 Å². The van der Waals surface area contributed by atoms with Crippen molar-refractivity contribution in [3.8, 4) is 6.01 Å². The summed E-state index contributed by atoms with van der Waals surface area (Å²) in [5, 5.41) is 29.9. The van der Waals surface area contributed by atoms with Gasteiger partial charge in [-0.25, -0.2) is 4.57 Å². The second-order valence-corrected chi connectivity index (χ2v) is 6.58. The first-order valence-electron chi connectivity index (χ1n) is 8.77. The zero-order valence-corrected chi connectivity index (χ0v) is 15.1. The molecule has 154 valence electrons. The number of anilines is 1. The highest BCUT2D eigenvalue weighted by atomic mass is 16.6. The lowest BCUT2D eigenvalue weighted by molar-refractivity contribution is -0.0545. The maximum Gasteiger partial charge on any atom is 0.301 e. The molecule has 3 aromatic rings. The van der Waals surface area contributed by atoms with E-state index in [0.717, 1.165) is 5.56 Å². The smallest absolute Gasteiger partial charge is 0.301 e. The molecule has 4 rings (SSSR count). The van der Waals surface area contributed by atoms with Crippen molar-refractivity contribution in [3.05, 3.63) is 46.2 Å². The average molecular weight is 404 g/mol. The quantitative estimate of drug-likeness (QED) is 0.300. The number of fused-ring (bicyclic) bond motifs is 1. The van der Waals surface area contributed by atoms with Crippen LogP contribution in [0.2, 0.25) is 0 Å². The van der Waals surface area contributed by atoms with Crippen LogP contribution in [0.15, 0.2) is 35.1 Å². The molecule has 1 fully saturated rings. The molecule has 0 saturated carbocycles. The predicted octanol–water partition coefficient (Wildman–Crippen LogP) is -1.92. The summed E-state index contributed by atoms with van der Waals surface area (Å²) >= 11 is 0. The van der Waals surface area contributed by atoms with Crippen LogP contribution in [-0.4, -0.2) is 59.4 Å². The molecule has 3 heterocycles. The third kappa shape index (κ3) is 3.17. The minimum atomic E-state index is -1.44. The number of aromatic nitrogens is 4. The van der Waals surface area contributed by atoms with Gasteiger partial charge in [0.1, 0.15) is 24.9 Å². The molecule has 0 radical (unpaired) electrons. The van der Waals surface area contributed by atoms with E-state index in [0.29, 0.717) is 4.68 Å². The first-order valence-corrected chi connectivity index (χ1v) is 8.77. The first-order chi connectivity index (χ1) is 13.9. The number of ether oxygens (including phenoxy) is 2.